The van der Waals surface area contributed by atoms with Crippen LogP contribution in [0.25, 0.3) is 21.3 Å². The number of hydrogen-bond acceptors (Lipinski definition) is 7. The molecule has 0 bridgehead atoms. The lowest BCUT2D eigenvalue weighted by atomic mass is 10.2. The summed E-state index contributed by atoms with van der Waals surface area (Å²) < 4.78 is 25.9. The lowest BCUT2D eigenvalue weighted by molar-refractivity contribution is 0.442. The van der Waals surface area contributed by atoms with Gasteiger partial charge in [0.25, 0.3) is 10.0 Å². The van der Waals surface area contributed by atoms with Crippen molar-refractivity contribution in [1.82, 2.24) is 4.98 Å². The van der Waals surface area contributed by atoms with Crippen molar-refractivity contribution in [2.75, 3.05) is 0 Å². The van der Waals surface area contributed by atoms with E-state index >= 15 is 0 Å². The van der Waals surface area contributed by atoms with Crippen LogP contribution in [0.1, 0.15) is 0 Å². The predicted octanol–water partition coefficient (Wildman–Crippen LogP) is 4.06. The molecule has 26 heavy (non-hydrogen) atoms. The number of hydrogen-bond donors (Lipinski definition) is 2. The van der Waals surface area contributed by atoms with Crippen LogP contribution in [-0.4, -0.2) is 23.6 Å². The number of aromatic hydroxyl groups is 2. The normalized spacial score (nSPS) is 11.5. The number of para-hydroxylation sites is 1. The van der Waals surface area contributed by atoms with Crippen LogP contribution < -0.4 is 0 Å². The molecular formula is C15H10N6O4S. The number of nitrogens with zero attached hydrogens (tertiary/aromatic N) is 6. The second-order valence-corrected chi connectivity index (χ2v) is 6.57. The highest BCUT2D eigenvalue weighted by Crippen LogP contribution is 2.40. The number of pyridine rings is 1. The summed E-state index contributed by atoms with van der Waals surface area (Å²) in [6.45, 7) is 0. The molecule has 0 aliphatic carbocycles. The first-order valence-electron chi connectivity index (χ1n) is 7.06. The van der Waals surface area contributed by atoms with E-state index in [9.17, 15) is 18.6 Å². The van der Waals surface area contributed by atoms with Crippen LogP contribution in [-0.2, 0) is 10.0 Å². The average molecular weight is 370 g/mol. The fraction of sp³-hybridized carbons (Fsp3) is 0. The molecule has 0 fully saturated rings. The highest BCUT2D eigenvalue weighted by atomic mass is 32.2. The minimum absolute atomic E-state index is 0.202. The van der Waals surface area contributed by atoms with E-state index < -0.39 is 15.9 Å². The summed E-state index contributed by atoms with van der Waals surface area (Å²) in [5.74, 6) is -0.771. The fourth-order valence-electron chi connectivity index (χ4n) is 2.15. The highest BCUT2D eigenvalue weighted by molar-refractivity contribution is 7.90. The van der Waals surface area contributed by atoms with Crippen LogP contribution in [0.15, 0.2) is 68.2 Å². The molecule has 2 aromatic carbocycles. The van der Waals surface area contributed by atoms with Gasteiger partial charge in [0.05, 0.1) is 16.1 Å². The molecule has 0 saturated heterocycles. The van der Waals surface area contributed by atoms with E-state index in [1.807, 2.05) is 0 Å². The maximum Gasteiger partial charge on any atom is 0.264 e. The molecule has 0 saturated carbocycles. The number of azo groups is 1. The standard InChI is InChI=1S/C15H10N6O4S/c16-20-21-26(24,25)10-7-5-9(6-8-10)18-19-13-14(22)11-3-1-2-4-12(11)17-15(13)23/h1-8H,(H2,17,22,23)/b19-18+. The number of fused-ring (bicyclic) bond motifs is 1. The van der Waals surface area contributed by atoms with Crippen molar-refractivity contribution in [3.8, 4) is 11.6 Å². The Morgan fingerprint density at radius 3 is 2.38 bits per heavy atom. The van der Waals surface area contributed by atoms with Gasteiger partial charge in [-0.15, -0.1) is 5.11 Å². The Kier molecular flexibility index (Phi) is 4.40. The fourth-order valence-corrected chi connectivity index (χ4v) is 2.82. The van der Waals surface area contributed by atoms with Crippen LogP contribution >= 0.6 is 0 Å². The topological polar surface area (TPSA) is 161 Å². The minimum Gasteiger partial charge on any atom is -0.505 e. The van der Waals surface area contributed by atoms with E-state index in [0.717, 1.165) is 0 Å². The molecule has 0 spiro atoms. The molecule has 3 rings (SSSR count). The number of azide groups is 1. The molecular weight excluding hydrogens is 360 g/mol. The van der Waals surface area contributed by atoms with Gasteiger partial charge < -0.3 is 10.2 Å². The molecule has 3 aromatic rings. The second-order valence-electron chi connectivity index (χ2n) is 4.99. The Morgan fingerprint density at radius 1 is 1.00 bits per heavy atom. The van der Waals surface area contributed by atoms with E-state index in [-0.39, 0.29) is 22.0 Å². The van der Waals surface area contributed by atoms with Gasteiger partial charge in [0.1, 0.15) is 0 Å². The Morgan fingerprint density at radius 2 is 1.69 bits per heavy atom. The largest absolute Gasteiger partial charge is 0.505 e. The summed E-state index contributed by atoms with van der Waals surface area (Å²) in [6.07, 6.45) is 0. The van der Waals surface area contributed by atoms with Gasteiger partial charge in [-0.2, -0.15) is 5.11 Å². The molecule has 0 radical (unpaired) electrons. The molecule has 0 unspecified atom stereocenters. The molecule has 0 amide bonds. The van der Waals surface area contributed by atoms with Gasteiger partial charge in [-0.1, -0.05) is 12.1 Å². The zero-order chi connectivity index (χ0) is 18.7. The Labute approximate surface area is 146 Å². The number of sulfonamides is 1. The Bertz CT molecular complexity index is 1170. The summed E-state index contributed by atoms with van der Waals surface area (Å²) in [5.41, 5.74) is 8.68. The van der Waals surface area contributed by atoms with E-state index in [1.165, 1.54) is 24.3 Å². The summed E-state index contributed by atoms with van der Waals surface area (Å²) >= 11 is 0. The van der Waals surface area contributed by atoms with Crippen LogP contribution in [0.4, 0.5) is 11.4 Å². The first-order valence-corrected chi connectivity index (χ1v) is 8.50. The van der Waals surface area contributed by atoms with Crippen LogP contribution in [0.2, 0.25) is 0 Å². The van der Waals surface area contributed by atoms with Gasteiger partial charge in [-0.3, -0.25) is 0 Å². The smallest absolute Gasteiger partial charge is 0.264 e. The van der Waals surface area contributed by atoms with Gasteiger partial charge in [0.2, 0.25) is 5.88 Å². The van der Waals surface area contributed by atoms with E-state index in [4.69, 9.17) is 5.53 Å². The maximum atomic E-state index is 11.6. The maximum absolute atomic E-state index is 11.6. The van der Waals surface area contributed by atoms with Gasteiger partial charge >= 0.3 is 0 Å². The zero-order valence-corrected chi connectivity index (χ0v) is 13.7. The van der Waals surface area contributed by atoms with Crippen molar-refractivity contribution in [1.29, 1.82) is 0 Å². The highest BCUT2D eigenvalue weighted by Gasteiger charge is 2.14. The Hall–Kier alpha value is -3.69. The van der Waals surface area contributed by atoms with Crippen LogP contribution in [0.3, 0.4) is 0 Å². The lowest BCUT2D eigenvalue weighted by Crippen LogP contribution is -1.93. The first kappa shape index (κ1) is 17.1. The Balaban J connectivity index is 1.96. The number of benzene rings is 2. The lowest BCUT2D eigenvalue weighted by Gasteiger charge is -2.05. The molecule has 130 valence electrons. The molecule has 1 heterocycles. The molecule has 0 aliphatic rings. The van der Waals surface area contributed by atoms with Crippen molar-refractivity contribution in [3.63, 3.8) is 0 Å². The minimum atomic E-state index is -4.09. The zero-order valence-electron chi connectivity index (χ0n) is 12.9. The SMILES string of the molecule is [N-]=[N+]=NS(=O)(=O)c1ccc(/N=N/c2c(O)nc3ccccc3c2O)cc1. The van der Waals surface area contributed by atoms with Gasteiger partial charge in [-0.25, -0.2) is 13.4 Å². The molecule has 0 aliphatic heterocycles. The predicted molar refractivity (Wildman–Crippen MR) is 92.0 cm³/mol. The van der Waals surface area contributed by atoms with Crippen molar-refractivity contribution in [2.24, 2.45) is 14.7 Å². The van der Waals surface area contributed by atoms with E-state index in [2.05, 4.69) is 24.6 Å². The van der Waals surface area contributed by atoms with Crippen molar-refractivity contribution in [2.45, 2.75) is 4.90 Å². The second kappa shape index (κ2) is 6.67. The summed E-state index contributed by atoms with van der Waals surface area (Å²) in [7, 11) is -4.09. The molecule has 0 atom stereocenters. The molecule has 10 nitrogen and oxygen atoms in total. The van der Waals surface area contributed by atoms with Crippen molar-refractivity contribution < 1.29 is 18.6 Å². The van der Waals surface area contributed by atoms with E-state index in [1.54, 1.807) is 24.3 Å². The first-order chi connectivity index (χ1) is 12.4. The third-order valence-corrected chi connectivity index (χ3v) is 4.52. The van der Waals surface area contributed by atoms with Gasteiger partial charge in [-0.05, 0) is 41.9 Å². The average Bonchev–Trinajstić information content (AvgIpc) is 2.62. The van der Waals surface area contributed by atoms with Crippen molar-refractivity contribution in [3.05, 3.63) is 59.0 Å². The van der Waals surface area contributed by atoms with E-state index in [0.29, 0.717) is 10.9 Å². The quantitative estimate of drug-likeness (QED) is 0.401. The van der Waals surface area contributed by atoms with Gasteiger partial charge in [0.15, 0.2) is 11.4 Å². The molecule has 2 N–H and O–H groups in total. The van der Waals surface area contributed by atoms with Gasteiger partial charge in [0, 0.05) is 14.8 Å². The summed E-state index contributed by atoms with van der Waals surface area (Å²) in [6, 6.07) is 11.7. The van der Waals surface area contributed by atoms with Crippen LogP contribution in [0, 0.1) is 0 Å². The monoisotopic (exact) mass is 370 g/mol. The third kappa shape index (κ3) is 3.24. The molecule has 11 heteroatoms. The number of aromatic nitrogens is 1. The molecule has 1 aromatic heterocycles. The summed E-state index contributed by atoms with van der Waals surface area (Å²) in [5, 5.41) is 28.2. The number of rotatable bonds is 4. The van der Waals surface area contributed by atoms with Crippen molar-refractivity contribution >= 4 is 32.3 Å². The van der Waals surface area contributed by atoms with Crippen LogP contribution in [0.5, 0.6) is 11.6 Å². The summed E-state index contributed by atoms with van der Waals surface area (Å²) in [4.78, 5) is 5.99. The third-order valence-electron chi connectivity index (χ3n) is 3.37.